The van der Waals surface area contributed by atoms with Crippen LogP contribution >= 0.6 is 0 Å². The van der Waals surface area contributed by atoms with Crippen molar-refractivity contribution in [2.45, 2.75) is 13.8 Å². The Morgan fingerprint density at radius 2 is 2.21 bits per heavy atom. The molecule has 4 heteroatoms. The number of fused-ring (bicyclic) bond motifs is 1. The Balaban J connectivity index is 3.16. The Kier molecular flexibility index (Phi) is 1.96. The predicted octanol–water partition coefficient (Wildman–Crippen LogP) is -0.377. The molecule has 1 N–H and O–H groups in total. The summed E-state index contributed by atoms with van der Waals surface area (Å²) in [6.07, 6.45) is 5.67. The minimum absolute atomic E-state index is 0.203. The molecule has 0 bridgehead atoms. The van der Waals surface area contributed by atoms with E-state index in [0.29, 0.717) is 5.65 Å². The number of aromatic amines is 1. The van der Waals surface area contributed by atoms with Crippen LogP contribution in [0.15, 0.2) is 17.1 Å². The van der Waals surface area contributed by atoms with Crippen LogP contribution in [0.25, 0.3) is 17.8 Å². The Morgan fingerprint density at radius 3 is 2.86 bits per heavy atom. The Bertz CT molecular complexity index is 633. The Morgan fingerprint density at radius 1 is 1.43 bits per heavy atom. The van der Waals surface area contributed by atoms with E-state index in [-0.39, 0.29) is 5.69 Å². The first-order valence-corrected chi connectivity index (χ1v) is 4.46. The van der Waals surface area contributed by atoms with Gasteiger partial charge in [-0.1, -0.05) is 12.2 Å². The van der Waals surface area contributed by atoms with E-state index in [4.69, 9.17) is 0 Å². The van der Waals surface area contributed by atoms with Crippen molar-refractivity contribution in [1.82, 2.24) is 14.6 Å². The highest BCUT2D eigenvalue weighted by Gasteiger charge is 1.99. The van der Waals surface area contributed by atoms with Gasteiger partial charge >= 0.3 is 5.69 Å². The molecule has 0 aliphatic heterocycles. The number of H-pyrrole nitrogens is 1. The standard InChI is InChI=1S/C10H11N3O/c1-3-7-5-6-13-9(8(7)4-2)11-12-10(13)14/h3-6H,1-2H3,(H,12,14)/b7-3-,8-4+. The van der Waals surface area contributed by atoms with Gasteiger partial charge in [0.25, 0.3) is 0 Å². The maximum Gasteiger partial charge on any atom is 0.347 e. The van der Waals surface area contributed by atoms with Crippen LogP contribution in [-0.4, -0.2) is 14.6 Å². The van der Waals surface area contributed by atoms with Gasteiger partial charge in [-0.15, -0.1) is 0 Å². The smallest absolute Gasteiger partial charge is 0.250 e. The number of aromatic nitrogens is 3. The first-order valence-electron chi connectivity index (χ1n) is 4.46. The van der Waals surface area contributed by atoms with Crippen LogP contribution in [0.2, 0.25) is 0 Å². The van der Waals surface area contributed by atoms with Gasteiger partial charge in [0, 0.05) is 11.4 Å². The van der Waals surface area contributed by atoms with Crippen molar-refractivity contribution in [2.24, 2.45) is 0 Å². The third-order valence-electron chi connectivity index (χ3n) is 2.26. The lowest BCUT2D eigenvalue weighted by atomic mass is 10.2. The van der Waals surface area contributed by atoms with E-state index in [0.717, 1.165) is 10.4 Å². The molecule has 2 aromatic rings. The Labute approximate surface area is 80.2 Å². The summed E-state index contributed by atoms with van der Waals surface area (Å²) >= 11 is 0. The summed E-state index contributed by atoms with van der Waals surface area (Å²) in [6.45, 7) is 3.89. The minimum Gasteiger partial charge on any atom is -0.250 e. The molecule has 0 aliphatic rings. The van der Waals surface area contributed by atoms with Crippen LogP contribution < -0.4 is 16.1 Å². The second kappa shape index (κ2) is 3.14. The monoisotopic (exact) mass is 189 g/mol. The normalized spacial score (nSPS) is 14.1. The van der Waals surface area contributed by atoms with E-state index >= 15 is 0 Å². The van der Waals surface area contributed by atoms with E-state index in [1.807, 2.05) is 32.1 Å². The van der Waals surface area contributed by atoms with E-state index in [2.05, 4.69) is 10.2 Å². The lowest BCUT2D eigenvalue weighted by molar-refractivity contribution is 1.02. The van der Waals surface area contributed by atoms with Crippen molar-refractivity contribution in [3.05, 3.63) is 33.2 Å². The molecule has 72 valence electrons. The SMILES string of the molecule is C/C=c1/ccn2c(=O)[nH]nc2/c1=C/C. The molecule has 0 fully saturated rings. The maximum atomic E-state index is 11.3. The fraction of sp³-hybridized carbons (Fsp3) is 0.200. The van der Waals surface area contributed by atoms with Gasteiger partial charge in [-0.3, -0.25) is 0 Å². The van der Waals surface area contributed by atoms with Crippen LogP contribution in [0.3, 0.4) is 0 Å². The van der Waals surface area contributed by atoms with Crippen LogP contribution in [0.5, 0.6) is 0 Å². The summed E-state index contributed by atoms with van der Waals surface area (Å²) in [5.41, 5.74) is 0.471. The second-order valence-electron chi connectivity index (χ2n) is 2.98. The topological polar surface area (TPSA) is 50.2 Å². The molecule has 4 nitrogen and oxygen atoms in total. The second-order valence-corrected chi connectivity index (χ2v) is 2.98. The van der Waals surface area contributed by atoms with Gasteiger partial charge in [0.1, 0.15) is 0 Å². The predicted molar refractivity (Wildman–Crippen MR) is 55.3 cm³/mol. The average Bonchev–Trinajstić information content (AvgIpc) is 2.59. The zero-order chi connectivity index (χ0) is 10.1. The van der Waals surface area contributed by atoms with Gasteiger partial charge in [0.2, 0.25) is 0 Å². The first-order chi connectivity index (χ1) is 6.77. The molecule has 0 saturated heterocycles. The summed E-state index contributed by atoms with van der Waals surface area (Å²) in [4.78, 5) is 11.3. The molecule has 14 heavy (non-hydrogen) atoms. The molecule has 0 radical (unpaired) electrons. The molecule has 0 aliphatic carbocycles. The fourth-order valence-corrected chi connectivity index (χ4v) is 1.55. The quantitative estimate of drug-likeness (QED) is 0.614. The van der Waals surface area contributed by atoms with Gasteiger partial charge in [-0.2, -0.15) is 5.10 Å². The maximum absolute atomic E-state index is 11.3. The van der Waals surface area contributed by atoms with Crippen molar-refractivity contribution in [1.29, 1.82) is 0 Å². The van der Waals surface area contributed by atoms with E-state index in [1.54, 1.807) is 6.20 Å². The number of hydrogen-bond donors (Lipinski definition) is 1. The van der Waals surface area contributed by atoms with E-state index in [9.17, 15) is 4.79 Å². The third-order valence-corrected chi connectivity index (χ3v) is 2.26. The molecular formula is C10H11N3O. The van der Waals surface area contributed by atoms with E-state index in [1.165, 1.54) is 4.40 Å². The average molecular weight is 189 g/mol. The third kappa shape index (κ3) is 1.08. The number of rotatable bonds is 0. The Hall–Kier alpha value is -1.84. The highest BCUT2D eigenvalue weighted by molar-refractivity contribution is 5.46. The minimum atomic E-state index is -0.203. The number of nitrogens with zero attached hydrogens (tertiary/aromatic N) is 2. The number of pyridine rings is 1. The van der Waals surface area contributed by atoms with E-state index < -0.39 is 0 Å². The highest BCUT2D eigenvalue weighted by Crippen LogP contribution is 1.82. The molecule has 2 aromatic heterocycles. The van der Waals surface area contributed by atoms with Crippen LogP contribution in [0.1, 0.15) is 13.8 Å². The van der Waals surface area contributed by atoms with Crippen molar-refractivity contribution >= 4 is 17.8 Å². The summed E-state index contributed by atoms with van der Waals surface area (Å²) in [5.74, 6) is 0. The van der Waals surface area contributed by atoms with Gasteiger partial charge in [0.15, 0.2) is 5.65 Å². The van der Waals surface area contributed by atoms with Crippen LogP contribution in [-0.2, 0) is 0 Å². The first kappa shape index (κ1) is 8.74. The molecule has 0 spiro atoms. The van der Waals surface area contributed by atoms with Gasteiger partial charge in [-0.25, -0.2) is 14.3 Å². The fourth-order valence-electron chi connectivity index (χ4n) is 1.55. The van der Waals surface area contributed by atoms with Crippen molar-refractivity contribution in [2.75, 3.05) is 0 Å². The molecule has 2 heterocycles. The zero-order valence-corrected chi connectivity index (χ0v) is 8.11. The zero-order valence-electron chi connectivity index (χ0n) is 8.11. The molecule has 2 rings (SSSR count). The lowest BCUT2D eigenvalue weighted by Gasteiger charge is -1.92. The summed E-state index contributed by atoms with van der Waals surface area (Å²) in [5, 5.41) is 8.46. The van der Waals surface area contributed by atoms with Crippen molar-refractivity contribution < 1.29 is 0 Å². The summed E-state index contributed by atoms with van der Waals surface area (Å²) in [6, 6.07) is 1.90. The van der Waals surface area contributed by atoms with Gasteiger partial charge in [0.05, 0.1) is 0 Å². The van der Waals surface area contributed by atoms with Crippen molar-refractivity contribution in [3.63, 3.8) is 0 Å². The number of hydrogen-bond acceptors (Lipinski definition) is 2. The lowest BCUT2D eigenvalue weighted by Crippen LogP contribution is -2.28. The van der Waals surface area contributed by atoms with Crippen LogP contribution in [0.4, 0.5) is 0 Å². The summed E-state index contributed by atoms with van der Waals surface area (Å²) in [7, 11) is 0. The van der Waals surface area contributed by atoms with Gasteiger partial charge in [-0.05, 0) is 25.1 Å². The van der Waals surface area contributed by atoms with Gasteiger partial charge < -0.3 is 0 Å². The largest absolute Gasteiger partial charge is 0.347 e. The molecule has 0 atom stereocenters. The molecular weight excluding hydrogens is 178 g/mol. The van der Waals surface area contributed by atoms with Crippen molar-refractivity contribution in [3.8, 4) is 0 Å². The molecule has 0 amide bonds. The molecule has 0 saturated carbocycles. The van der Waals surface area contributed by atoms with Crippen LogP contribution in [0, 0.1) is 0 Å². The molecule has 0 aromatic carbocycles. The highest BCUT2D eigenvalue weighted by atomic mass is 16.1. The number of nitrogens with one attached hydrogen (secondary N) is 1. The summed E-state index contributed by atoms with van der Waals surface area (Å²) < 4.78 is 1.50. The molecule has 0 unspecified atom stereocenters.